The summed E-state index contributed by atoms with van der Waals surface area (Å²) in [5.74, 6) is -0.492. The molecule has 0 aliphatic rings. The maximum atomic E-state index is 12.4. The van der Waals surface area contributed by atoms with Gasteiger partial charge in [-0.2, -0.15) is 0 Å². The maximum absolute atomic E-state index is 12.4. The highest BCUT2D eigenvalue weighted by atomic mass is 35.5. The van der Waals surface area contributed by atoms with Gasteiger partial charge in [0.1, 0.15) is 0 Å². The summed E-state index contributed by atoms with van der Waals surface area (Å²) in [5.41, 5.74) is 8.34. The Labute approximate surface area is 156 Å². The fraction of sp³-hybridized carbons (Fsp3) is 0.222. The third-order valence-corrected chi connectivity index (χ3v) is 4.23. The second kappa shape index (κ2) is 8.23. The number of hydrogen-bond acceptors (Lipinski definition) is 3. The summed E-state index contributed by atoms with van der Waals surface area (Å²) in [4.78, 5) is 23.8. The van der Waals surface area contributed by atoms with E-state index in [9.17, 15) is 9.59 Å². The van der Waals surface area contributed by atoms with Gasteiger partial charge in [-0.1, -0.05) is 53.0 Å². The zero-order valence-corrected chi connectivity index (χ0v) is 15.4. The van der Waals surface area contributed by atoms with Crippen molar-refractivity contribution in [2.24, 2.45) is 0 Å². The summed E-state index contributed by atoms with van der Waals surface area (Å²) >= 11 is 11.9. The second-order valence-electron chi connectivity index (χ2n) is 5.77. The first-order valence-electron chi connectivity index (χ1n) is 7.64. The van der Waals surface area contributed by atoms with Gasteiger partial charge in [-0.3, -0.25) is 9.59 Å². The van der Waals surface area contributed by atoms with Crippen molar-refractivity contribution in [3.05, 3.63) is 57.6 Å². The van der Waals surface area contributed by atoms with Crippen molar-refractivity contribution in [2.45, 2.75) is 26.3 Å². The molecular weight excluding hydrogens is 361 g/mol. The van der Waals surface area contributed by atoms with E-state index in [-0.39, 0.29) is 34.0 Å². The monoisotopic (exact) mass is 379 g/mol. The lowest BCUT2D eigenvalue weighted by molar-refractivity contribution is -0.120. The van der Waals surface area contributed by atoms with Gasteiger partial charge in [-0.25, -0.2) is 0 Å². The number of carbonyl (C=O) groups excluding carboxylic acids is 2. The molecular formula is C18H19Cl2N3O2. The minimum absolute atomic E-state index is 0.0717. The molecule has 7 heteroatoms. The molecule has 25 heavy (non-hydrogen) atoms. The van der Waals surface area contributed by atoms with Crippen LogP contribution in [0.1, 0.15) is 30.5 Å². The van der Waals surface area contributed by atoms with Crippen LogP contribution in [0.5, 0.6) is 0 Å². The van der Waals surface area contributed by atoms with Crippen molar-refractivity contribution in [3.63, 3.8) is 0 Å². The Morgan fingerprint density at radius 1 is 1.12 bits per heavy atom. The summed E-state index contributed by atoms with van der Waals surface area (Å²) in [6.07, 6.45) is 0.0717. The van der Waals surface area contributed by atoms with E-state index in [0.717, 1.165) is 11.1 Å². The molecule has 0 saturated heterocycles. The highest BCUT2D eigenvalue weighted by Gasteiger charge is 2.18. The third kappa shape index (κ3) is 5.37. The quantitative estimate of drug-likeness (QED) is 0.683. The number of halogens is 2. The van der Waals surface area contributed by atoms with Crippen LogP contribution in [0, 0.1) is 6.92 Å². The van der Waals surface area contributed by atoms with Crippen LogP contribution in [0.4, 0.5) is 11.4 Å². The van der Waals surface area contributed by atoms with Crippen LogP contribution in [0.2, 0.25) is 10.0 Å². The number of aryl methyl sites for hydroxylation is 1. The number of anilines is 2. The number of carbonyl (C=O) groups is 2. The number of hydrogen-bond donors (Lipinski definition) is 3. The Morgan fingerprint density at radius 2 is 1.68 bits per heavy atom. The Balaban J connectivity index is 2.14. The van der Waals surface area contributed by atoms with Gasteiger partial charge in [0.05, 0.1) is 28.2 Å². The number of nitrogen functional groups attached to an aromatic ring is 1. The number of rotatable bonds is 5. The van der Waals surface area contributed by atoms with E-state index >= 15 is 0 Å². The predicted octanol–water partition coefficient (Wildman–Crippen LogP) is 4.09. The molecule has 2 aromatic carbocycles. The maximum Gasteiger partial charge on any atom is 0.226 e. The summed E-state index contributed by atoms with van der Waals surface area (Å²) in [6.45, 7) is 3.39. The van der Waals surface area contributed by atoms with Gasteiger partial charge < -0.3 is 16.4 Å². The minimum atomic E-state index is -0.433. The third-order valence-electron chi connectivity index (χ3n) is 3.61. The molecule has 0 aromatic heterocycles. The lowest BCUT2D eigenvalue weighted by Crippen LogP contribution is -2.29. The molecule has 132 valence electrons. The minimum Gasteiger partial charge on any atom is -0.396 e. The van der Waals surface area contributed by atoms with Crippen LogP contribution in [0.3, 0.4) is 0 Å². The smallest absolute Gasteiger partial charge is 0.226 e. The lowest BCUT2D eigenvalue weighted by atomic mass is 10.0. The molecule has 2 aromatic rings. The summed E-state index contributed by atoms with van der Waals surface area (Å²) in [7, 11) is 0. The van der Waals surface area contributed by atoms with Gasteiger partial charge in [0.2, 0.25) is 11.8 Å². The zero-order chi connectivity index (χ0) is 18.6. The summed E-state index contributed by atoms with van der Waals surface area (Å²) in [5, 5.41) is 6.04. The highest BCUT2D eigenvalue weighted by molar-refractivity contribution is 6.39. The number of nitrogens with one attached hydrogen (secondary N) is 2. The van der Waals surface area contributed by atoms with Crippen LogP contribution in [0.15, 0.2) is 36.4 Å². The van der Waals surface area contributed by atoms with Gasteiger partial charge in [-0.05, 0) is 24.6 Å². The molecule has 0 heterocycles. The molecule has 0 aliphatic heterocycles. The summed E-state index contributed by atoms with van der Waals surface area (Å²) in [6, 6.07) is 10.3. The van der Waals surface area contributed by atoms with Crippen LogP contribution >= 0.6 is 23.2 Å². The van der Waals surface area contributed by atoms with Gasteiger partial charge in [0.25, 0.3) is 0 Å². The fourth-order valence-electron chi connectivity index (χ4n) is 2.35. The van der Waals surface area contributed by atoms with Crippen molar-refractivity contribution in [3.8, 4) is 0 Å². The standard InChI is InChI=1S/C18H19Cl2N3O2/c1-10-3-5-12(6-4-10)16(22-11(2)24)9-17(25)23-13-7-14(19)18(21)15(20)8-13/h3-8,16H,9,21H2,1-2H3,(H,22,24)(H,23,25). The van der Waals surface area contributed by atoms with Crippen LogP contribution in [-0.4, -0.2) is 11.8 Å². The van der Waals surface area contributed by atoms with Crippen LogP contribution in [0.25, 0.3) is 0 Å². The average molecular weight is 380 g/mol. The first-order valence-corrected chi connectivity index (χ1v) is 8.40. The van der Waals surface area contributed by atoms with Gasteiger partial charge >= 0.3 is 0 Å². The molecule has 4 N–H and O–H groups in total. The van der Waals surface area contributed by atoms with Crippen molar-refractivity contribution >= 4 is 46.4 Å². The average Bonchev–Trinajstić information content (AvgIpc) is 2.52. The normalized spacial score (nSPS) is 11.7. The molecule has 5 nitrogen and oxygen atoms in total. The van der Waals surface area contributed by atoms with E-state index in [1.165, 1.54) is 19.1 Å². The summed E-state index contributed by atoms with van der Waals surface area (Å²) < 4.78 is 0. The van der Waals surface area contributed by atoms with E-state index < -0.39 is 6.04 Å². The van der Waals surface area contributed by atoms with E-state index in [0.29, 0.717) is 5.69 Å². The molecule has 0 saturated carbocycles. The van der Waals surface area contributed by atoms with Gasteiger partial charge in [0.15, 0.2) is 0 Å². The van der Waals surface area contributed by atoms with Crippen LogP contribution in [-0.2, 0) is 9.59 Å². The van der Waals surface area contributed by atoms with E-state index in [1.54, 1.807) is 0 Å². The Hall–Kier alpha value is -2.24. The Kier molecular flexibility index (Phi) is 6.28. The van der Waals surface area contributed by atoms with E-state index in [4.69, 9.17) is 28.9 Å². The SMILES string of the molecule is CC(=O)NC(CC(=O)Nc1cc(Cl)c(N)c(Cl)c1)c1ccc(C)cc1. The van der Waals surface area contributed by atoms with E-state index in [2.05, 4.69) is 10.6 Å². The van der Waals surface area contributed by atoms with Crippen LogP contribution < -0.4 is 16.4 Å². The number of benzene rings is 2. The van der Waals surface area contributed by atoms with E-state index in [1.807, 2.05) is 31.2 Å². The van der Waals surface area contributed by atoms with Crippen molar-refractivity contribution in [1.82, 2.24) is 5.32 Å². The van der Waals surface area contributed by atoms with Gasteiger partial charge in [0, 0.05) is 12.6 Å². The molecule has 0 spiro atoms. The van der Waals surface area contributed by atoms with Crippen molar-refractivity contribution in [2.75, 3.05) is 11.1 Å². The first kappa shape index (κ1) is 19.1. The molecule has 0 radical (unpaired) electrons. The molecule has 0 bridgehead atoms. The lowest BCUT2D eigenvalue weighted by Gasteiger charge is -2.18. The van der Waals surface area contributed by atoms with Crippen molar-refractivity contribution < 1.29 is 9.59 Å². The number of nitrogens with two attached hydrogens (primary N) is 1. The number of amides is 2. The highest BCUT2D eigenvalue weighted by Crippen LogP contribution is 2.31. The predicted molar refractivity (Wildman–Crippen MR) is 102 cm³/mol. The molecule has 1 atom stereocenters. The van der Waals surface area contributed by atoms with Gasteiger partial charge in [-0.15, -0.1) is 0 Å². The molecule has 2 rings (SSSR count). The molecule has 1 unspecified atom stereocenters. The molecule has 2 amide bonds. The molecule has 0 aliphatic carbocycles. The largest absolute Gasteiger partial charge is 0.396 e. The fourth-order valence-corrected chi connectivity index (χ4v) is 2.84. The second-order valence-corrected chi connectivity index (χ2v) is 6.58. The van der Waals surface area contributed by atoms with Crippen molar-refractivity contribution in [1.29, 1.82) is 0 Å². The zero-order valence-electron chi connectivity index (χ0n) is 13.9. The Bertz CT molecular complexity index is 768. The first-order chi connectivity index (χ1) is 11.8. The molecule has 0 fully saturated rings. The topological polar surface area (TPSA) is 84.2 Å². The Morgan fingerprint density at radius 3 is 2.20 bits per heavy atom.